The summed E-state index contributed by atoms with van der Waals surface area (Å²) in [4.78, 5) is 15.6. The lowest BCUT2D eigenvalue weighted by atomic mass is 10.1. The molecule has 0 bridgehead atoms. The van der Waals surface area contributed by atoms with Crippen molar-refractivity contribution in [2.45, 2.75) is 26.2 Å². The van der Waals surface area contributed by atoms with Gasteiger partial charge < -0.3 is 10.2 Å². The molecule has 1 saturated heterocycles. The molecular formula is C17H19ClN2OS. The maximum absolute atomic E-state index is 12.5. The minimum absolute atomic E-state index is 0.0620. The van der Waals surface area contributed by atoms with Crippen LogP contribution in [0.3, 0.4) is 0 Å². The van der Waals surface area contributed by atoms with E-state index in [2.05, 4.69) is 10.2 Å². The zero-order valence-corrected chi connectivity index (χ0v) is 14.1. The summed E-state index contributed by atoms with van der Waals surface area (Å²) in [6, 6.07) is 7.69. The van der Waals surface area contributed by atoms with E-state index in [0.717, 1.165) is 34.9 Å². The number of aryl methyl sites for hydroxylation is 1. The smallest absolute Gasteiger partial charge is 0.266 e. The molecule has 0 atom stereocenters. The quantitative estimate of drug-likeness (QED) is 0.861. The predicted molar refractivity (Wildman–Crippen MR) is 94.5 cm³/mol. The second-order valence-electron chi connectivity index (χ2n) is 5.60. The van der Waals surface area contributed by atoms with Crippen molar-refractivity contribution < 1.29 is 4.79 Å². The van der Waals surface area contributed by atoms with Crippen LogP contribution in [-0.4, -0.2) is 19.0 Å². The monoisotopic (exact) mass is 334 g/mol. The number of hydrogen-bond acceptors (Lipinski definition) is 3. The van der Waals surface area contributed by atoms with Crippen molar-refractivity contribution in [3.8, 4) is 0 Å². The summed E-state index contributed by atoms with van der Waals surface area (Å²) >= 11 is 7.59. The van der Waals surface area contributed by atoms with Gasteiger partial charge in [0.15, 0.2) is 0 Å². The van der Waals surface area contributed by atoms with Crippen LogP contribution in [0.4, 0.5) is 11.4 Å². The van der Waals surface area contributed by atoms with E-state index in [4.69, 9.17) is 11.6 Å². The van der Waals surface area contributed by atoms with E-state index in [-0.39, 0.29) is 5.91 Å². The van der Waals surface area contributed by atoms with Crippen molar-refractivity contribution >= 4 is 40.2 Å². The number of rotatable bonds is 3. The van der Waals surface area contributed by atoms with Crippen LogP contribution in [0.1, 0.15) is 34.5 Å². The van der Waals surface area contributed by atoms with Gasteiger partial charge in [-0.1, -0.05) is 11.6 Å². The van der Waals surface area contributed by atoms with Gasteiger partial charge in [-0.2, -0.15) is 0 Å². The number of hydrogen-bond donors (Lipinski definition) is 1. The zero-order chi connectivity index (χ0) is 15.5. The van der Waals surface area contributed by atoms with Crippen LogP contribution in [-0.2, 0) is 0 Å². The van der Waals surface area contributed by atoms with Crippen LogP contribution in [0.15, 0.2) is 29.6 Å². The molecular weight excluding hydrogens is 316 g/mol. The highest BCUT2D eigenvalue weighted by Crippen LogP contribution is 2.32. The number of halogens is 1. The fraction of sp³-hybridized carbons (Fsp3) is 0.353. The van der Waals surface area contributed by atoms with E-state index in [0.29, 0.717) is 5.02 Å². The van der Waals surface area contributed by atoms with Crippen molar-refractivity contribution in [1.29, 1.82) is 0 Å². The first-order chi connectivity index (χ1) is 10.6. The Hall–Kier alpha value is -1.52. The van der Waals surface area contributed by atoms with E-state index in [9.17, 15) is 4.79 Å². The molecule has 0 radical (unpaired) electrons. The van der Waals surface area contributed by atoms with Crippen molar-refractivity contribution in [3.05, 3.63) is 45.1 Å². The molecule has 3 nitrogen and oxygen atoms in total. The average Bonchev–Trinajstić information content (AvgIpc) is 2.94. The van der Waals surface area contributed by atoms with Gasteiger partial charge in [0.05, 0.1) is 16.3 Å². The molecule has 1 amide bonds. The Bertz CT molecular complexity index is 677. The first kappa shape index (κ1) is 15.4. The Morgan fingerprint density at radius 1 is 1.23 bits per heavy atom. The third-order valence-corrected chi connectivity index (χ3v) is 5.22. The number of benzene rings is 1. The van der Waals surface area contributed by atoms with Gasteiger partial charge >= 0.3 is 0 Å². The summed E-state index contributed by atoms with van der Waals surface area (Å²) in [7, 11) is 0. The maximum atomic E-state index is 12.5. The molecule has 1 aromatic heterocycles. The summed E-state index contributed by atoms with van der Waals surface area (Å²) in [5.41, 5.74) is 2.86. The number of thiophene rings is 1. The normalized spacial score (nSPS) is 14.9. The molecule has 0 saturated carbocycles. The molecule has 3 rings (SSSR count). The summed E-state index contributed by atoms with van der Waals surface area (Å²) in [6.45, 7) is 4.01. The molecule has 1 aliphatic rings. The largest absolute Gasteiger partial charge is 0.370 e. The molecule has 0 aliphatic carbocycles. The highest BCUT2D eigenvalue weighted by atomic mass is 35.5. The van der Waals surface area contributed by atoms with Gasteiger partial charge in [-0.05, 0) is 61.4 Å². The Morgan fingerprint density at radius 3 is 2.68 bits per heavy atom. The Kier molecular flexibility index (Phi) is 4.69. The number of carbonyl (C=O) groups excluding carboxylic acids is 1. The molecule has 0 unspecified atom stereocenters. The van der Waals surface area contributed by atoms with E-state index in [1.165, 1.54) is 30.6 Å². The summed E-state index contributed by atoms with van der Waals surface area (Å²) in [5.74, 6) is -0.0620. The molecule has 1 N–H and O–H groups in total. The molecule has 1 aromatic carbocycles. The Morgan fingerprint density at radius 2 is 2.00 bits per heavy atom. The lowest BCUT2D eigenvalue weighted by Gasteiger charge is -2.30. The second-order valence-corrected chi connectivity index (χ2v) is 6.95. The Balaban J connectivity index is 1.87. The third-order valence-electron chi connectivity index (χ3n) is 3.97. The molecule has 22 heavy (non-hydrogen) atoms. The average molecular weight is 335 g/mol. The van der Waals surface area contributed by atoms with Crippen LogP contribution in [0.25, 0.3) is 0 Å². The number of piperidine rings is 1. The SMILES string of the molecule is Cc1ccsc1C(=O)Nc1cc(Cl)ccc1N1CCCCC1. The van der Waals surface area contributed by atoms with E-state index in [1.807, 2.05) is 36.6 Å². The topological polar surface area (TPSA) is 32.3 Å². The lowest BCUT2D eigenvalue weighted by molar-refractivity contribution is 0.103. The fourth-order valence-electron chi connectivity index (χ4n) is 2.80. The number of carbonyl (C=O) groups is 1. The highest BCUT2D eigenvalue weighted by Gasteiger charge is 2.18. The van der Waals surface area contributed by atoms with E-state index < -0.39 is 0 Å². The van der Waals surface area contributed by atoms with Gasteiger partial charge in [0, 0.05) is 18.1 Å². The van der Waals surface area contributed by atoms with Gasteiger partial charge in [0.25, 0.3) is 5.91 Å². The van der Waals surface area contributed by atoms with E-state index in [1.54, 1.807) is 0 Å². The standard InChI is InChI=1S/C17H19ClN2OS/c1-12-7-10-22-16(12)17(21)19-14-11-13(18)5-6-15(14)20-8-3-2-4-9-20/h5-7,10-11H,2-4,8-9H2,1H3,(H,19,21). The molecule has 1 aliphatic heterocycles. The molecule has 116 valence electrons. The van der Waals surface area contributed by atoms with Crippen molar-refractivity contribution in [2.24, 2.45) is 0 Å². The van der Waals surface area contributed by atoms with Gasteiger partial charge in [0.1, 0.15) is 0 Å². The summed E-state index contributed by atoms with van der Waals surface area (Å²) in [5, 5.41) is 5.61. The van der Waals surface area contributed by atoms with Gasteiger partial charge in [-0.25, -0.2) is 0 Å². The maximum Gasteiger partial charge on any atom is 0.266 e. The number of nitrogens with one attached hydrogen (secondary N) is 1. The first-order valence-corrected chi connectivity index (χ1v) is 8.81. The van der Waals surface area contributed by atoms with Gasteiger partial charge in [-0.3, -0.25) is 4.79 Å². The van der Waals surface area contributed by atoms with Crippen LogP contribution < -0.4 is 10.2 Å². The minimum atomic E-state index is -0.0620. The van der Waals surface area contributed by atoms with E-state index >= 15 is 0 Å². The molecule has 2 heterocycles. The molecule has 0 spiro atoms. The molecule has 5 heteroatoms. The number of nitrogens with zero attached hydrogens (tertiary/aromatic N) is 1. The molecule has 2 aromatic rings. The Labute approximate surface area is 139 Å². The summed E-state index contributed by atoms with van der Waals surface area (Å²) < 4.78 is 0. The zero-order valence-electron chi connectivity index (χ0n) is 12.6. The van der Waals surface area contributed by atoms with Crippen LogP contribution >= 0.6 is 22.9 Å². The van der Waals surface area contributed by atoms with Crippen molar-refractivity contribution in [3.63, 3.8) is 0 Å². The molecule has 1 fully saturated rings. The van der Waals surface area contributed by atoms with Crippen molar-refractivity contribution in [2.75, 3.05) is 23.3 Å². The predicted octanol–water partition coefficient (Wildman–Crippen LogP) is 4.95. The minimum Gasteiger partial charge on any atom is -0.370 e. The highest BCUT2D eigenvalue weighted by molar-refractivity contribution is 7.12. The van der Waals surface area contributed by atoms with Gasteiger partial charge in [-0.15, -0.1) is 11.3 Å². The van der Waals surface area contributed by atoms with Crippen LogP contribution in [0.2, 0.25) is 5.02 Å². The van der Waals surface area contributed by atoms with Gasteiger partial charge in [0.2, 0.25) is 0 Å². The fourth-order valence-corrected chi connectivity index (χ4v) is 3.80. The summed E-state index contributed by atoms with van der Waals surface area (Å²) in [6.07, 6.45) is 3.67. The third kappa shape index (κ3) is 3.28. The lowest BCUT2D eigenvalue weighted by Crippen LogP contribution is -2.30. The number of anilines is 2. The second kappa shape index (κ2) is 6.71. The van der Waals surface area contributed by atoms with Crippen LogP contribution in [0, 0.1) is 6.92 Å². The first-order valence-electron chi connectivity index (χ1n) is 7.55. The van der Waals surface area contributed by atoms with Crippen molar-refractivity contribution in [1.82, 2.24) is 0 Å². The number of amides is 1. The van der Waals surface area contributed by atoms with Crippen LogP contribution in [0.5, 0.6) is 0 Å².